The van der Waals surface area contributed by atoms with E-state index in [1.165, 1.54) is 5.56 Å². The van der Waals surface area contributed by atoms with Crippen LogP contribution in [0.3, 0.4) is 0 Å². The van der Waals surface area contributed by atoms with Crippen LogP contribution in [0.15, 0.2) is 24.4 Å². The van der Waals surface area contributed by atoms with Crippen molar-refractivity contribution in [2.24, 2.45) is 0 Å². The predicted octanol–water partition coefficient (Wildman–Crippen LogP) is 1.84. The van der Waals surface area contributed by atoms with Crippen LogP contribution in [0.5, 0.6) is 0 Å². The predicted molar refractivity (Wildman–Crippen MR) is 75.3 cm³/mol. The molecule has 0 spiro atoms. The molecule has 0 unspecified atom stereocenters. The summed E-state index contributed by atoms with van der Waals surface area (Å²) in [6.07, 6.45) is 1.48. The van der Waals surface area contributed by atoms with Gasteiger partial charge in [0, 0.05) is 42.3 Å². The van der Waals surface area contributed by atoms with E-state index in [-0.39, 0.29) is 0 Å². The lowest BCUT2D eigenvalue weighted by atomic mass is 10.1. The smallest absolute Gasteiger partial charge is 0.0937 e. The molecule has 2 aromatic rings. The summed E-state index contributed by atoms with van der Waals surface area (Å²) in [6.45, 7) is 6.07. The zero-order chi connectivity index (χ0) is 13.2. The Morgan fingerprint density at radius 3 is 2.95 bits per heavy atom. The molecule has 1 aromatic carbocycles. The van der Waals surface area contributed by atoms with Gasteiger partial charge in [0.15, 0.2) is 0 Å². The van der Waals surface area contributed by atoms with Crippen molar-refractivity contribution in [3.8, 4) is 0 Å². The molecular formula is C15H20N2O2. The molecule has 1 fully saturated rings. The number of aryl methyl sites for hydroxylation is 1. The van der Waals surface area contributed by atoms with Crippen LogP contribution in [0.25, 0.3) is 10.9 Å². The number of hydrogen-bond donors (Lipinski definition) is 2. The van der Waals surface area contributed by atoms with Gasteiger partial charge in [0.2, 0.25) is 0 Å². The summed E-state index contributed by atoms with van der Waals surface area (Å²) < 4.78 is 5.33. The van der Waals surface area contributed by atoms with Crippen LogP contribution >= 0.6 is 0 Å². The third-order valence-corrected chi connectivity index (χ3v) is 3.76. The van der Waals surface area contributed by atoms with Gasteiger partial charge in [-0.05, 0) is 19.1 Å². The number of aliphatic hydroxyl groups is 1. The first-order valence-corrected chi connectivity index (χ1v) is 6.80. The molecule has 1 aromatic heterocycles. The number of aliphatic hydroxyl groups excluding tert-OH is 1. The van der Waals surface area contributed by atoms with Crippen molar-refractivity contribution in [1.29, 1.82) is 0 Å². The Labute approximate surface area is 113 Å². The van der Waals surface area contributed by atoms with Gasteiger partial charge in [-0.15, -0.1) is 0 Å². The fourth-order valence-corrected chi connectivity index (χ4v) is 2.66. The average Bonchev–Trinajstić information content (AvgIpc) is 2.82. The molecule has 0 saturated carbocycles. The van der Waals surface area contributed by atoms with Gasteiger partial charge in [-0.2, -0.15) is 0 Å². The molecular weight excluding hydrogens is 240 g/mol. The van der Waals surface area contributed by atoms with Crippen LogP contribution in [0.4, 0.5) is 0 Å². The number of benzene rings is 1. The Morgan fingerprint density at radius 1 is 1.37 bits per heavy atom. The van der Waals surface area contributed by atoms with Crippen molar-refractivity contribution < 1.29 is 9.84 Å². The number of rotatable bonds is 3. The van der Waals surface area contributed by atoms with Crippen molar-refractivity contribution in [2.75, 3.05) is 32.8 Å². The summed E-state index contributed by atoms with van der Waals surface area (Å²) in [5, 5.41) is 11.6. The summed E-state index contributed by atoms with van der Waals surface area (Å²) in [5.74, 6) is 0. The normalized spacial score (nSPS) is 18.8. The summed E-state index contributed by atoms with van der Waals surface area (Å²) in [4.78, 5) is 5.48. The highest BCUT2D eigenvalue weighted by Crippen LogP contribution is 2.25. The van der Waals surface area contributed by atoms with Crippen LogP contribution in [-0.2, 0) is 4.74 Å². The first kappa shape index (κ1) is 12.7. The standard InChI is InChI=1S/C15H20N2O2/c1-11-2-3-14-12(8-11)13(9-16-14)15(18)10-17-4-6-19-7-5-17/h2-3,8-9,15-16,18H,4-7,10H2,1H3/t15-/m1/s1. The van der Waals surface area contributed by atoms with Crippen molar-refractivity contribution >= 4 is 10.9 Å². The topological polar surface area (TPSA) is 48.5 Å². The first-order valence-electron chi connectivity index (χ1n) is 6.80. The quantitative estimate of drug-likeness (QED) is 0.885. The van der Waals surface area contributed by atoms with E-state index in [0.717, 1.165) is 42.8 Å². The minimum atomic E-state index is -0.450. The maximum atomic E-state index is 10.4. The number of nitrogens with zero attached hydrogens (tertiary/aromatic N) is 1. The monoisotopic (exact) mass is 260 g/mol. The third-order valence-electron chi connectivity index (χ3n) is 3.76. The highest BCUT2D eigenvalue weighted by atomic mass is 16.5. The first-order chi connectivity index (χ1) is 9.24. The molecule has 1 saturated heterocycles. The van der Waals surface area contributed by atoms with Crippen LogP contribution in [-0.4, -0.2) is 47.8 Å². The molecule has 0 radical (unpaired) electrons. The van der Waals surface area contributed by atoms with E-state index >= 15 is 0 Å². The Kier molecular flexibility index (Phi) is 3.55. The molecule has 3 rings (SSSR count). The van der Waals surface area contributed by atoms with Gasteiger partial charge < -0.3 is 14.8 Å². The molecule has 19 heavy (non-hydrogen) atoms. The minimum Gasteiger partial charge on any atom is -0.387 e. The number of hydrogen-bond acceptors (Lipinski definition) is 3. The zero-order valence-corrected chi connectivity index (χ0v) is 11.2. The van der Waals surface area contributed by atoms with Crippen molar-refractivity contribution in [2.45, 2.75) is 13.0 Å². The maximum Gasteiger partial charge on any atom is 0.0937 e. The van der Waals surface area contributed by atoms with Crippen molar-refractivity contribution in [1.82, 2.24) is 9.88 Å². The van der Waals surface area contributed by atoms with Crippen LogP contribution in [0, 0.1) is 6.92 Å². The second-order valence-electron chi connectivity index (χ2n) is 5.22. The third kappa shape index (κ3) is 2.66. The van der Waals surface area contributed by atoms with E-state index in [9.17, 15) is 5.11 Å². The number of fused-ring (bicyclic) bond motifs is 1. The molecule has 0 bridgehead atoms. The number of H-pyrrole nitrogens is 1. The maximum absolute atomic E-state index is 10.4. The van der Waals surface area contributed by atoms with E-state index in [2.05, 4.69) is 35.0 Å². The molecule has 1 aliphatic rings. The van der Waals surface area contributed by atoms with E-state index < -0.39 is 6.10 Å². The van der Waals surface area contributed by atoms with E-state index in [1.807, 2.05) is 6.20 Å². The fraction of sp³-hybridized carbons (Fsp3) is 0.467. The van der Waals surface area contributed by atoms with E-state index in [4.69, 9.17) is 4.74 Å². The number of β-amino-alcohol motifs (C(OH)–C–C–N with tert-alkyl or cyclic N) is 1. The van der Waals surface area contributed by atoms with Crippen LogP contribution in [0.2, 0.25) is 0 Å². The number of morpholine rings is 1. The Balaban J connectivity index is 1.80. The largest absolute Gasteiger partial charge is 0.387 e. The molecule has 2 N–H and O–H groups in total. The fourth-order valence-electron chi connectivity index (χ4n) is 2.66. The molecule has 2 heterocycles. The number of aromatic amines is 1. The minimum absolute atomic E-state index is 0.450. The molecule has 0 amide bonds. The highest BCUT2D eigenvalue weighted by molar-refractivity contribution is 5.84. The van der Waals surface area contributed by atoms with Gasteiger partial charge in [0.25, 0.3) is 0 Å². The lowest BCUT2D eigenvalue weighted by Crippen LogP contribution is -2.38. The average molecular weight is 260 g/mol. The van der Waals surface area contributed by atoms with Crippen LogP contribution in [0.1, 0.15) is 17.2 Å². The Hall–Kier alpha value is -1.36. The lowest BCUT2D eigenvalue weighted by molar-refractivity contribution is 0.0146. The Bertz CT molecular complexity index is 558. The number of nitrogens with one attached hydrogen (secondary N) is 1. The number of aromatic nitrogens is 1. The molecule has 102 valence electrons. The van der Waals surface area contributed by atoms with Gasteiger partial charge in [-0.25, -0.2) is 0 Å². The zero-order valence-electron chi connectivity index (χ0n) is 11.2. The molecule has 1 aliphatic heterocycles. The van der Waals surface area contributed by atoms with Gasteiger partial charge in [-0.3, -0.25) is 4.90 Å². The molecule has 4 nitrogen and oxygen atoms in total. The number of ether oxygens (including phenoxy) is 1. The lowest BCUT2D eigenvalue weighted by Gasteiger charge is -2.28. The second-order valence-corrected chi connectivity index (χ2v) is 5.22. The molecule has 0 aliphatic carbocycles. The van der Waals surface area contributed by atoms with Crippen molar-refractivity contribution in [3.63, 3.8) is 0 Å². The SMILES string of the molecule is Cc1ccc2[nH]cc([C@H](O)CN3CCOCC3)c2c1. The molecule has 4 heteroatoms. The summed E-state index contributed by atoms with van der Waals surface area (Å²) >= 11 is 0. The summed E-state index contributed by atoms with van der Waals surface area (Å²) in [7, 11) is 0. The second kappa shape index (κ2) is 5.33. The van der Waals surface area contributed by atoms with Gasteiger partial charge in [0.1, 0.15) is 0 Å². The summed E-state index contributed by atoms with van der Waals surface area (Å²) in [6, 6.07) is 6.27. The summed E-state index contributed by atoms with van der Waals surface area (Å²) in [5.41, 5.74) is 3.29. The van der Waals surface area contributed by atoms with E-state index in [0.29, 0.717) is 6.54 Å². The van der Waals surface area contributed by atoms with Crippen LogP contribution < -0.4 is 0 Å². The highest BCUT2D eigenvalue weighted by Gasteiger charge is 2.18. The Morgan fingerprint density at radius 2 is 2.16 bits per heavy atom. The molecule has 1 atom stereocenters. The van der Waals surface area contributed by atoms with Gasteiger partial charge in [0.05, 0.1) is 19.3 Å². The van der Waals surface area contributed by atoms with Gasteiger partial charge in [-0.1, -0.05) is 11.6 Å². The van der Waals surface area contributed by atoms with E-state index in [1.54, 1.807) is 0 Å². The van der Waals surface area contributed by atoms with Gasteiger partial charge >= 0.3 is 0 Å². The van der Waals surface area contributed by atoms with Crippen molar-refractivity contribution in [3.05, 3.63) is 35.5 Å².